The molecule has 0 unspecified atom stereocenters. The zero-order valence-electron chi connectivity index (χ0n) is 19.9. The third-order valence-corrected chi connectivity index (χ3v) is 5.24. The van der Waals surface area contributed by atoms with Gasteiger partial charge < -0.3 is 16.0 Å². The average molecular weight is 520 g/mol. The maximum absolute atomic E-state index is 14.6. The van der Waals surface area contributed by atoms with Crippen LogP contribution in [-0.4, -0.2) is 29.7 Å². The molecule has 0 aliphatic rings. The third kappa shape index (κ3) is 6.45. The molecule has 37 heavy (non-hydrogen) atoms. The fourth-order valence-electron chi connectivity index (χ4n) is 3.51. The van der Waals surface area contributed by atoms with Gasteiger partial charge in [-0.05, 0) is 36.9 Å². The van der Waals surface area contributed by atoms with E-state index in [9.17, 15) is 27.2 Å². The number of fused-ring (bicyclic) bond motifs is 1. The molecular formula is C23H24F4N8O2. The topological polar surface area (TPSA) is 158 Å². The highest BCUT2D eigenvalue weighted by molar-refractivity contribution is 5.86. The number of aromatic nitrogens is 6. The van der Waals surface area contributed by atoms with E-state index >= 15 is 0 Å². The minimum absolute atomic E-state index is 0.0355. The van der Waals surface area contributed by atoms with Gasteiger partial charge >= 0.3 is 6.18 Å². The second-order valence-electron chi connectivity index (χ2n) is 8.03. The molecule has 0 atom stereocenters. The number of nitrogens with two attached hydrogens (primary N) is 2. The highest BCUT2D eigenvalue weighted by Gasteiger charge is 2.36. The van der Waals surface area contributed by atoms with Crippen LogP contribution in [0.3, 0.4) is 0 Å². The molecule has 4 aromatic rings. The van der Waals surface area contributed by atoms with E-state index in [1.807, 2.05) is 6.07 Å². The van der Waals surface area contributed by atoms with Crippen molar-refractivity contribution in [2.45, 2.75) is 45.8 Å². The minimum atomic E-state index is -4.74. The van der Waals surface area contributed by atoms with E-state index in [4.69, 9.17) is 11.5 Å². The summed E-state index contributed by atoms with van der Waals surface area (Å²) in [4.78, 5) is 35.2. The van der Waals surface area contributed by atoms with Gasteiger partial charge in [-0.1, -0.05) is 19.8 Å². The number of nitrogens with one attached hydrogen (secondary N) is 1. The van der Waals surface area contributed by atoms with Crippen LogP contribution in [0.2, 0.25) is 0 Å². The molecule has 0 amide bonds. The molecular weight excluding hydrogens is 496 g/mol. The van der Waals surface area contributed by atoms with Crippen molar-refractivity contribution in [3.8, 4) is 11.4 Å². The number of unbranched alkanes of at least 4 members (excludes halogenated alkanes) is 2. The van der Waals surface area contributed by atoms with Crippen molar-refractivity contribution in [2.24, 2.45) is 0 Å². The zero-order chi connectivity index (χ0) is 27.3. The summed E-state index contributed by atoms with van der Waals surface area (Å²) in [6, 6.07) is 4.64. The van der Waals surface area contributed by atoms with Crippen LogP contribution in [0.15, 0.2) is 40.2 Å². The zero-order valence-corrected chi connectivity index (χ0v) is 19.9. The maximum Gasteiger partial charge on any atom is 0.423 e. The number of nitrogens with zero attached hydrogens (tertiary/aromatic N) is 5. The Hall–Kier alpha value is -4.36. The van der Waals surface area contributed by atoms with Crippen LogP contribution in [0, 0.1) is 12.7 Å². The van der Waals surface area contributed by atoms with Gasteiger partial charge in [0.2, 0.25) is 5.95 Å². The summed E-state index contributed by atoms with van der Waals surface area (Å²) in [5.41, 5.74) is 7.13. The van der Waals surface area contributed by atoms with Gasteiger partial charge in [0.05, 0.1) is 22.8 Å². The number of benzene rings is 1. The molecule has 4 rings (SSSR count). The largest absolute Gasteiger partial charge is 0.423 e. The van der Waals surface area contributed by atoms with E-state index in [1.165, 1.54) is 6.07 Å². The lowest BCUT2D eigenvalue weighted by Gasteiger charge is -2.09. The number of anilines is 2. The molecule has 1 aromatic carbocycles. The van der Waals surface area contributed by atoms with Crippen LogP contribution in [0.5, 0.6) is 0 Å². The van der Waals surface area contributed by atoms with Crippen LogP contribution in [0.1, 0.15) is 37.6 Å². The molecule has 10 nitrogen and oxygen atoms in total. The average Bonchev–Trinajstić information content (AvgIpc) is 2.79. The first-order chi connectivity index (χ1) is 17.4. The van der Waals surface area contributed by atoms with Crippen molar-refractivity contribution >= 4 is 22.4 Å². The molecule has 0 aliphatic heterocycles. The molecule has 0 spiro atoms. The highest BCUT2D eigenvalue weighted by atomic mass is 19.4. The Kier molecular flexibility index (Phi) is 8.20. The van der Waals surface area contributed by atoms with Gasteiger partial charge in [0.25, 0.3) is 11.1 Å². The minimum Gasteiger partial charge on any atom is -0.397 e. The number of pyridine rings is 1. The Balaban J connectivity index is 0.000000266. The van der Waals surface area contributed by atoms with E-state index in [0.717, 1.165) is 25.5 Å². The Bertz CT molecular complexity index is 1510. The molecule has 0 saturated heterocycles. The summed E-state index contributed by atoms with van der Waals surface area (Å²) in [6.07, 6.45) is 0.804. The second kappa shape index (κ2) is 11.1. The summed E-state index contributed by atoms with van der Waals surface area (Å²) in [6.45, 7) is 4.40. The summed E-state index contributed by atoms with van der Waals surface area (Å²) in [5, 5.41) is 5.73. The summed E-state index contributed by atoms with van der Waals surface area (Å²) < 4.78 is 52.2. The van der Waals surface area contributed by atoms with Gasteiger partial charge in [-0.2, -0.15) is 28.2 Å². The SMILES string of the molecule is CCCCCn1ccc2cc(-c3nc(C)nc(N)n3)c(F)cc2c1=O.Nc1cn[nH]c(=O)c1C(F)(F)F. The Morgan fingerprint density at radius 2 is 1.81 bits per heavy atom. The molecule has 0 radical (unpaired) electrons. The van der Waals surface area contributed by atoms with Crippen molar-refractivity contribution in [3.63, 3.8) is 0 Å². The Morgan fingerprint density at radius 1 is 1.08 bits per heavy atom. The molecule has 196 valence electrons. The Labute approximate surface area is 207 Å². The summed E-state index contributed by atoms with van der Waals surface area (Å²) >= 11 is 0. The van der Waals surface area contributed by atoms with Crippen molar-refractivity contribution in [3.05, 3.63) is 68.5 Å². The summed E-state index contributed by atoms with van der Waals surface area (Å²) in [5.74, 6) is 0.0547. The lowest BCUT2D eigenvalue weighted by molar-refractivity contribution is -0.138. The number of hydrogen-bond donors (Lipinski definition) is 3. The standard InChI is InChI=1S/C18H20FN5O.C5H4F3N3O/c1-3-4-5-7-24-8-6-12-9-14(15(19)10-13(12)17(24)25)16-21-11(2)22-18(20)23-16;6-5(7,8)3-2(9)1-10-11-4(3)12/h6,8-10H,3-5,7H2,1-2H3,(H2,20,21,22,23);1H,(H3,9,11,12). The molecule has 3 aromatic heterocycles. The number of halogens is 4. The number of aromatic amines is 1. The second-order valence-corrected chi connectivity index (χ2v) is 8.03. The molecule has 0 fully saturated rings. The first-order valence-corrected chi connectivity index (χ1v) is 11.1. The van der Waals surface area contributed by atoms with Crippen molar-refractivity contribution in [1.29, 1.82) is 0 Å². The molecule has 5 N–H and O–H groups in total. The molecule has 3 heterocycles. The van der Waals surface area contributed by atoms with Crippen molar-refractivity contribution < 1.29 is 17.6 Å². The number of nitrogen functional groups attached to an aromatic ring is 2. The molecule has 0 bridgehead atoms. The van der Waals surface area contributed by atoms with E-state index in [1.54, 1.807) is 28.9 Å². The monoisotopic (exact) mass is 520 g/mol. The van der Waals surface area contributed by atoms with Crippen LogP contribution in [-0.2, 0) is 12.7 Å². The predicted molar refractivity (Wildman–Crippen MR) is 130 cm³/mol. The van der Waals surface area contributed by atoms with Gasteiger partial charge in [-0.25, -0.2) is 14.5 Å². The maximum atomic E-state index is 14.6. The van der Waals surface area contributed by atoms with E-state index < -0.39 is 28.8 Å². The van der Waals surface area contributed by atoms with E-state index in [-0.39, 0.29) is 22.9 Å². The lowest BCUT2D eigenvalue weighted by atomic mass is 10.1. The first kappa shape index (κ1) is 27.2. The predicted octanol–water partition coefficient (Wildman–Crippen LogP) is 3.44. The quantitative estimate of drug-likeness (QED) is 0.267. The fourth-order valence-corrected chi connectivity index (χ4v) is 3.51. The molecule has 0 saturated carbocycles. The van der Waals surface area contributed by atoms with Crippen molar-refractivity contribution in [2.75, 3.05) is 11.5 Å². The van der Waals surface area contributed by atoms with E-state index in [0.29, 0.717) is 23.1 Å². The van der Waals surface area contributed by atoms with E-state index in [2.05, 4.69) is 27.0 Å². The number of H-pyrrole nitrogens is 1. The normalized spacial score (nSPS) is 11.3. The fraction of sp³-hybridized carbons (Fsp3) is 0.304. The van der Waals surface area contributed by atoms with Crippen LogP contribution >= 0.6 is 0 Å². The lowest BCUT2D eigenvalue weighted by Crippen LogP contribution is -2.24. The number of aryl methyl sites for hydroxylation is 2. The molecule has 0 aliphatic carbocycles. The summed E-state index contributed by atoms with van der Waals surface area (Å²) in [7, 11) is 0. The highest BCUT2D eigenvalue weighted by Crippen LogP contribution is 2.29. The first-order valence-electron chi connectivity index (χ1n) is 11.1. The van der Waals surface area contributed by atoms with Gasteiger partial charge in [-0.3, -0.25) is 9.59 Å². The van der Waals surface area contributed by atoms with Gasteiger partial charge in [-0.15, -0.1) is 0 Å². The van der Waals surface area contributed by atoms with Gasteiger partial charge in [0.1, 0.15) is 17.2 Å². The number of hydrogen-bond acceptors (Lipinski definition) is 8. The van der Waals surface area contributed by atoms with Crippen LogP contribution in [0.4, 0.5) is 29.2 Å². The Morgan fingerprint density at radius 3 is 2.41 bits per heavy atom. The molecule has 14 heteroatoms. The van der Waals surface area contributed by atoms with Crippen LogP contribution in [0.25, 0.3) is 22.2 Å². The smallest absolute Gasteiger partial charge is 0.397 e. The number of alkyl halides is 3. The van der Waals surface area contributed by atoms with Crippen LogP contribution < -0.4 is 22.6 Å². The third-order valence-electron chi connectivity index (χ3n) is 5.24. The van der Waals surface area contributed by atoms with Gasteiger partial charge in [0, 0.05) is 12.7 Å². The number of rotatable bonds is 5. The van der Waals surface area contributed by atoms with Crippen molar-refractivity contribution in [1.82, 2.24) is 29.7 Å². The van der Waals surface area contributed by atoms with Gasteiger partial charge in [0.15, 0.2) is 5.82 Å².